The van der Waals surface area contributed by atoms with Gasteiger partial charge in [-0.2, -0.15) is 0 Å². The molecule has 0 radical (unpaired) electrons. The molecule has 1 aromatic carbocycles. The van der Waals surface area contributed by atoms with Crippen LogP contribution in [0.4, 0.5) is 0 Å². The van der Waals surface area contributed by atoms with Crippen molar-refractivity contribution >= 4 is 5.78 Å². The average molecular weight is 335 g/mol. The molecule has 2 aliphatic carbocycles. The third kappa shape index (κ3) is 3.05. The van der Waals surface area contributed by atoms with Crippen LogP contribution in [-0.4, -0.2) is 5.78 Å². The molecule has 0 N–H and O–H groups in total. The van der Waals surface area contributed by atoms with Crippen molar-refractivity contribution in [2.75, 3.05) is 0 Å². The molecule has 0 atom stereocenters. The second kappa shape index (κ2) is 5.83. The highest BCUT2D eigenvalue weighted by Gasteiger charge is 2.37. The molecule has 1 nitrogen and oxygen atoms in total. The summed E-state index contributed by atoms with van der Waals surface area (Å²) in [6, 6.07) is 4.83. The maximum atomic E-state index is 11.7. The molecule has 2 aliphatic rings. The van der Waals surface area contributed by atoms with E-state index >= 15 is 0 Å². The maximum absolute atomic E-state index is 11.7. The van der Waals surface area contributed by atoms with Gasteiger partial charge in [0.2, 0.25) is 0 Å². The van der Waals surface area contributed by atoms with E-state index in [2.05, 4.69) is 59.4 Å². The number of carbonyl (C=O) groups is 1. The molecule has 0 saturated heterocycles. The minimum Gasteiger partial charge on any atom is -0.294 e. The Bertz CT molecular complexity index is 828. The summed E-state index contributed by atoms with van der Waals surface area (Å²) in [5, 5.41) is 0. The highest BCUT2D eigenvalue weighted by Crippen LogP contribution is 2.46. The largest absolute Gasteiger partial charge is 0.294 e. The zero-order valence-corrected chi connectivity index (χ0v) is 16.5. The molecule has 3 rings (SSSR count). The molecular weight excluding hydrogens is 304 g/mol. The smallest absolute Gasteiger partial charge is 0.160 e. The van der Waals surface area contributed by atoms with Crippen molar-refractivity contribution in [2.45, 2.75) is 71.6 Å². The molecule has 1 heteroatoms. The van der Waals surface area contributed by atoms with E-state index in [1.165, 1.54) is 40.7 Å². The number of aryl methyl sites for hydroxylation is 1. The van der Waals surface area contributed by atoms with Gasteiger partial charge in [0.05, 0.1) is 0 Å². The van der Waals surface area contributed by atoms with Gasteiger partial charge in [-0.1, -0.05) is 58.6 Å². The van der Waals surface area contributed by atoms with Gasteiger partial charge >= 0.3 is 0 Å². The van der Waals surface area contributed by atoms with Gasteiger partial charge in [-0.05, 0) is 77.3 Å². The lowest BCUT2D eigenvalue weighted by Gasteiger charge is -2.42. The summed E-state index contributed by atoms with van der Waals surface area (Å²) in [5.41, 5.74) is 8.98. The molecule has 0 spiro atoms. The zero-order valence-electron chi connectivity index (χ0n) is 16.5. The molecule has 132 valence electrons. The molecule has 0 heterocycles. The normalized spacial score (nSPS) is 20.8. The van der Waals surface area contributed by atoms with Gasteiger partial charge in [0.15, 0.2) is 5.78 Å². The van der Waals surface area contributed by atoms with Crippen molar-refractivity contribution in [1.29, 1.82) is 0 Å². The lowest BCUT2D eigenvalue weighted by molar-refractivity contribution is -0.113. The number of Topliss-reactive ketones (excluding diaryl/α,β-unsaturated/α-hetero) is 1. The number of fused-ring (bicyclic) bond motifs is 1. The van der Waals surface area contributed by atoms with Crippen molar-refractivity contribution in [2.24, 2.45) is 0 Å². The fraction of sp³-hybridized carbons (Fsp3) is 0.458. The first-order chi connectivity index (χ1) is 11.5. The van der Waals surface area contributed by atoms with Crippen LogP contribution in [0.25, 0.3) is 0 Å². The van der Waals surface area contributed by atoms with Gasteiger partial charge in [-0.3, -0.25) is 4.79 Å². The Morgan fingerprint density at radius 1 is 1.04 bits per heavy atom. The van der Waals surface area contributed by atoms with Gasteiger partial charge in [0.1, 0.15) is 0 Å². The van der Waals surface area contributed by atoms with E-state index in [1.807, 2.05) is 6.08 Å². The third-order valence-corrected chi connectivity index (χ3v) is 6.23. The van der Waals surface area contributed by atoms with E-state index in [0.29, 0.717) is 0 Å². The molecule has 0 amide bonds. The van der Waals surface area contributed by atoms with Crippen LogP contribution in [0.1, 0.15) is 69.7 Å². The fourth-order valence-corrected chi connectivity index (χ4v) is 4.22. The number of ketones is 1. The number of hydrogen-bond acceptors (Lipinski definition) is 1. The van der Waals surface area contributed by atoms with Crippen LogP contribution in [0.2, 0.25) is 0 Å². The van der Waals surface area contributed by atoms with Gasteiger partial charge in [-0.25, -0.2) is 0 Å². The first-order valence-electron chi connectivity index (χ1n) is 9.29. The molecule has 1 aromatic rings. The minimum absolute atomic E-state index is 0.0984. The van der Waals surface area contributed by atoms with Gasteiger partial charge in [0.25, 0.3) is 0 Å². The van der Waals surface area contributed by atoms with E-state index in [1.54, 1.807) is 6.92 Å². The van der Waals surface area contributed by atoms with Crippen LogP contribution in [0.3, 0.4) is 0 Å². The van der Waals surface area contributed by atoms with Gasteiger partial charge < -0.3 is 0 Å². The summed E-state index contributed by atoms with van der Waals surface area (Å²) in [5.74, 6) is 0.0984. The van der Waals surface area contributed by atoms with E-state index in [0.717, 1.165) is 17.6 Å². The lowest BCUT2D eigenvalue weighted by Crippen LogP contribution is -2.34. The Hall–Kier alpha value is -1.89. The SMILES string of the molecule is C=C1C(Cc2cc3c(cc2C)C(C)(C)CCC3(C)C)=CC=C1C(C)=O. The van der Waals surface area contributed by atoms with Crippen molar-refractivity contribution < 1.29 is 4.79 Å². The Morgan fingerprint density at radius 3 is 2.12 bits per heavy atom. The summed E-state index contributed by atoms with van der Waals surface area (Å²) in [7, 11) is 0. The van der Waals surface area contributed by atoms with E-state index in [4.69, 9.17) is 0 Å². The summed E-state index contributed by atoms with van der Waals surface area (Å²) >= 11 is 0. The summed E-state index contributed by atoms with van der Waals surface area (Å²) in [6.07, 6.45) is 7.29. The van der Waals surface area contributed by atoms with E-state index in [9.17, 15) is 4.79 Å². The van der Waals surface area contributed by atoms with E-state index in [-0.39, 0.29) is 16.6 Å². The molecule has 25 heavy (non-hydrogen) atoms. The van der Waals surface area contributed by atoms with Crippen LogP contribution in [0, 0.1) is 6.92 Å². The summed E-state index contributed by atoms with van der Waals surface area (Å²) in [4.78, 5) is 11.7. The van der Waals surface area contributed by atoms with Gasteiger partial charge in [-0.15, -0.1) is 0 Å². The minimum atomic E-state index is 0.0984. The first kappa shape index (κ1) is 17.9. The summed E-state index contributed by atoms with van der Waals surface area (Å²) < 4.78 is 0. The van der Waals surface area contributed by atoms with Gasteiger partial charge in [0, 0.05) is 5.57 Å². The molecule has 0 fully saturated rings. The molecule has 0 saturated carbocycles. The number of hydrogen-bond donors (Lipinski definition) is 0. The molecule has 0 unspecified atom stereocenters. The highest BCUT2D eigenvalue weighted by molar-refractivity contribution is 6.00. The molecule has 0 aliphatic heterocycles. The van der Waals surface area contributed by atoms with Crippen LogP contribution in [-0.2, 0) is 22.0 Å². The molecule has 0 bridgehead atoms. The van der Waals surface area contributed by atoms with Crippen LogP contribution < -0.4 is 0 Å². The second-order valence-electron chi connectivity index (χ2n) is 9.08. The van der Waals surface area contributed by atoms with Crippen molar-refractivity contribution in [1.82, 2.24) is 0 Å². The third-order valence-electron chi connectivity index (χ3n) is 6.23. The quantitative estimate of drug-likeness (QED) is 0.673. The molecular formula is C24H30O. The zero-order chi connectivity index (χ0) is 18.6. The average Bonchev–Trinajstić information content (AvgIpc) is 2.87. The Morgan fingerprint density at radius 2 is 1.60 bits per heavy atom. The van der Waals surface area contributed by atoms with Crippen LogP contribution in [0.15, 0.2) is 47.6 Å². The number of allylic oxidation sites excluding steroid dienone is 5. The Labute approximate surface area is 152 Å². The standard InChI is InChI=1S/C24H30O/c1-15-12-21-22(24(6,7)11-10-23(21,4)5)14-19(15)13-18-8-9-20(16(18)2)17(3)25/h8-9,12,14H,2,10-11,13H2,1,3-7H3. The first-order valence-corrected chi connectivity index (χ1v) is 9.29. The van der Waals surface area contributed by atoms with Crippen molar-refractivity contribution in [3.8, 4) is 0 Å². The fourth-order valence-electron chi connectivity index (χ4n) is 4.22. The predicted octanol–water partition coefficient (Wildman–Crippen LogP) is 5.90. The Kier molecular flexibility index (Phi) is 4.18. The van der Waals surface area contributed by atoms with Crippen molar-refractivity contribution in [3.05, 3.63) is 69.8 Å². The van der Waals surface area contributed by atoms with Crippen molar-refractivity contribution in [3.63, 3.8) is 0 Å². The van der Waals surface area contributed by atoms with E-state index < -0.39 is 0 Å². The molecule has 0 aromatic heterocycles. The van der Waals surface area contributed by atoms with Crippen LogP contribution in [0.5, 0.6) is 0 Å². The predicted molar refractivity (Wildman–Crippen MR) is 106 cm³/mol. The Balaban J connectivity index is 1.98. The number of carbonyl (C=O) groups excluding carboxylic acids is 1. The maximum Gasteiger partial charge on any atom is 0.160 e. The number of rotatable bonds is 3. The second-order valence-corrected chi connectivity index (χ2v) is 9.08. The lowest BCUT2D eigenvalue weighted by atomic mass is 9.62. The summed E-state index contributed by atoms with van der Waals surface area (Å²) in [6.45, 7) is 17.4. The topological polar surface area (TPSA) is 17.1 Å². The highest BCUT2D eigenvalue weighted by atomic mass is 16.1. The van der Waals surface area contributed by atoms with Crippen LogP contribution >= 0.6 is 0 Å². The number of benzene rings is 1. The monoisotopic (exact) mass is 334 g/mol.